The van der Waals surface area contributed by atoms with E-state index in [1.165, 1.54) is 38.5 Å². The molecule has 0 aliphatic heterocycles. The van der Waals surface area contributed by atoms with E-state index < -0.39 is 5.97 Å². The van der Waals surface area contributed by atoms with Crippen LogP contribution in [0.4, 0.5) is 0 Å². The summed E-state index contributed by atoms with van der Waals surface area (Å²) < 4.78 is 0. The molecular weight excluding hydrogens is 310 g/mol. The van der Waals surface area contributed by atoms with Crippen LogP contribution in [-0.4, -0.2) is 29.3 Å². The fraction of sp³-hybridized carbons (Fsp3) is 0.611. The Morgan fingerprint density at radius 3 is 2.13 bits per heavy atom. The summed E-state index contributed by atoms with van der Waals surface area (Å²) in [6, 6.07) is 0. The molecule has 1 amide bonds. The topological polar surface area (TPSA) is 66.4 Å². The van der Waals surface area contributed by atoms with Crippen molar-refractivity contribution in [1.82, 2.24) is 5.32 Å². The van der Waals surface area contributed by atoms with Gasteiger partial charge in [0.25, 0.3) is 0 Å². The zero-order chi connectivity index (χ0) is 16.9. The Balaban J connectivity index is 1.90. The van der Waals surface area contributed by atoms with E-state index in [1.54, 1.807) is 19.3 Å². The van der Waals surface area contributed by atoms with Crippen LogP contribution in [0.25, 0.3) is 0 Å². The average Bonchev–Trinajstić information content (AvgIpc) is 3.00. The summed E-state index contributed by atoms with van der Waals surface area (Å²) in [5, 5.41) is 11.7. The SMILES string of the molecule is O=C(CCCCCCCCCCS)NC[C]1[CH][CH][C](C(=O)O)[CH]1. The van der Waals surface area contributed by atoms with E-state index in [-0.39, 0.29) is 11.8 Å². The van der Waals surface area contributed by atoms with Crippen molar-refractivity contribution in [3.05, 3.63) is 31.1 Å². The number of carboxylic acids is 1. The Hall–Kier alpha value is -0.710. The number of hydrogen-bond acceptors (Lipinski definition) is 3. The van der Waals surface area contributed by atoms with E-state index in [1.807, 2.05) is 0 Å². The molecule has 0 aromatic heterocycles. The highest BCUT2D eigenvalue weighted by molar-refractivity contribution is 7.80. The minimum atomic E-state index is -0.937. The molecule has 0 heterocycles. The maximum absolute atomic E-state index is 11.7. The molecule has 0 bridgehead atoms. The second kappa shape index (κ2) is 12.7. The van der Waals surface area contributed by atoms with Gasteiger partial charge in [-0.1, -0.05) is 38.5 Å². The first-order valence-corrected chi connectivity index (χ1v) is 9.13. The van der Waals surface area contributed by atoms with E-state index in [2.05, 4.69) is 17.9 Å². The Kier molecular flexibility index (Phi) is 11.2. The molecule has 0 aromatic rings. The van der Waals surface area contributed by atoms with Gasteiger partial charge in [-0.15, -0.1) is 0 Å². The minimum Gasteiger partial charge on any atom is -0.481 e. The van der Waals surface area contributed by atoms with Gasteiger partial charge in [-0.25, -0.2) is 0 Å². The van der Waals surface area contributed by atoms with E-state index in [0.29, 0.717) is 13.0 Å². The lowest BCUT2D eigenvalue weighted by Gasteiger charge is -2.10. The highest BCUT2D eigenvalue weighted by Gasteiger charge is 2.31. The fourth-order valence-electron chi connectivity index (χ4n) is 2.48. The standard InChI is InChI=1S/C18H28NO3S/c20-17(9-7-5-3-1-2-4-6-8-12-23)19-14-15-10-11-16(13-15)18(21)22/h10-11,13,23H,1-9,12,14H2,(H,19,20)(H,21,22). The molecule has 1 rings (SSSR count). The van der Waals surface area contributed by atoms with Crippen molar-refractivity contribution in [2.75, 3.05) is 12.3 Å². The van der Waals surface area contributed by atoms with Gasteiger partial charge in [0.2, 0.25) is 5.91 Å². The van der Waals surface area contributed by atoms with Crippen molar-refractivity contribution in [2.45, 2.75) is 57.8 Å². The molecule has 23 heavy (non-hydrogen) atoms. The Labute approximate surface area is 146 Å². The van der Waals surface area contributed by atoms with Gasteiger partial charge in [0.1, 0.15) is 0 Å². The summed E-state index contributed by atoms with van der Waals surface area (Å²) in [5.74, 6) is 1.18. The van der Waals surface area contributed by atoms with Crippen molar-refractivity contribution < 1.29 is 14.7 Å². The Morgan fingerprint density at radius 1 is 0.957 bits per heavy atom. The van der Waals surface area contributed by atoms with Crippen molar-refractivity contribution in [3.8, 4) is 0 Å². The van der Waals surface area contributed by atoms with Crippen molar-refractivity contribution >= 4 is 24.5 Å². The number of amides is 1. The number of rotatable bonds is 13. The predicted octanol–water partition coefficient (Wildman–Crippen LogP) is 3.40. The number of carboxylic acid groups (broad SMARTS) is 1. The van der Waals surface area contributed by atoms with E-state index in [4.69, 9.17) is 5.11 Å². The largest absolute Gasteiger partial charge is 0.481 e. The third kappa shape index (κ3) is 9.90. The number of thiol groups is 1. The average molecular weight is 338 g/mol. The van der Waals surface area contributed by atoms with Crippen LogP contribution in [-0.2, 0) is 9.59 Å². The number of carbonyl (C=O) groups excluding carboxylic acids is 1. The molecule has 129 valence electrons. The van der Waals surface area contributed by atoms with Gasteiger partial charge >= 0.3 is 5.97 Å². The number of carbonyl (C=O) groups is 2. The summed E-state index contributed by atoms with van der Waals surface area (Å²) in [4.78, 5) is 22.5. The molecule has 1 aliphatic rings. The van der Waals surface area contributed by atoms with E-state index in [0.717, 1.165) is 24.5 Å². The van der Waals surface area contributed by atoms with Crippen LogP contribution in [0.2, 0.25) is 0 Å². The highest BCUT2D eigenvalue weighted by Crippen LogP contribution is 2.30. The first-order valence-electron chi connectivity index (χ1n) is 8.50. The minimum absolute atomic E-state index is 0.0388. The molecule has 0 unspecified atom stereocenters. The van der Waals surface area contributed by atoms with Crippen LogP contribution < -0.4 is 5.32 Å². The quantitative estimate of drug-likeness (QED) is 0.356. The lowest BCUT2D eigenvalue weighted by molar-refractivity contribution is -0.134. The molecule has 0 saturated heterocycles. The fourth-order valence-corrected chi connectivity index (χ4v) is 2.71. The van der Waals surface area contributed by atoms with Crippen LogP contribution in [0.15, 0.2) is 0 Å². The molecule has 0 atom stereocenters. The third-order valence-electron chi connectivity index (χ3n) is 3.87. The van der Waals surface area contributed by atoms with Crippen molar-refractivity contribution in [2.24, 2.45) is 0 Å². The maximum Gasteiger partial charge on any atom is 0.311 e. The number of nitrogens with one attached hydrogen (secondary N) is 1. The normalized spacial score (nSPS) is 15.9. The highest BCUT2D eigenvalue weighted by atomic mass is 32.1. The molecule has 1 aliphatic carbocycles. The van der Waals surface area contributed by atoms with E-state index >= 15 is 0 Å². The number of aliphatic carboxylic acids is 1. The molecule has 1 fully saturated rings. The molecule has 4 nitrogen and oxygen atoms in total. The summed E-state index contributed by atoms with van der Waals surface area (Å²) in [6.07, 6.45) is 14.9. The lowest BCUT2D eigenvalue weighted by Crippen LogP contribution is -2.27. The van der Waals surface area contributed by atoms with Gasteiger partial charge in [0.15, 0.2) is 0 Å². The van der Waals surface area contributed by atoms with Gasteiger partial charge < -0.3 is 10.4 Å². The van der Waals surface area contributed by atoms with Crippen LogP contribution in [0.5, 0.6) is 0 Å². The first-order chi connectivity index (χ1) is 11.1. The van der Waals surface area contributed by atoms with E-state index in [9.17, 15) is 9.59 Å². The number of unbranched alkanes of at least 4 members (excludes halogenated alkanes) is 7. The lowest BCUT2D eigenvalue weighted by atomic mass is 10.0. The number of hydrogen-bond donors (Lipinski definition) is 3. The molecule has 5 heteroatoms. The van der Waals surface area contributed by atoms with Crippen LogP contribution in [0.3, 0.4) is 0 Å². The Morgan fingerprint density at radius 2 is 1.57 bits per heavy atom. The van der Waals surface area contributed by atoms with Crippen LogP contribution >= 0.6 is 12.6 Å². The first kappa shape index (κ1) is 20.3. The molecule has 0 spiro atoms. The molecule has 1 saturated carbocycles. The molecule has 2 N–H and O–H groups in total. The third-order valence-corrected chi connectivity index (χ3v) is 4.18. The molecular formula is C18H28NO3S. The van der Waals surface area contributed by atoms with Crippen molar-refractivity contribution in [1.29, 1.82) is 0 Å². The zero-order valence-electron chi connectivity index (χ0n) is 13.7. The maximum atomic E-state index is 11.7. The predicted molar refractivity (Wildman–Crippen MR) is 95.4 cm³/mol. The van der Waals surface area contributed by atoms with Gasteiger partial charge in [-0.3, -0.25) is 9.59 Å². The molecule has 5 radical (unpaired) electrons. The second-order valence-electron chi connectivity index (χ2n) is 5.89. The van der Waals surface area contributed by atoms with Gasteiger partial charge in [0.05, 0.1) is 5.92 Å². The van der Waals surface area contributed by atoms with Crippen molar-refractivity contribution in [3.63, 3.8) is 0 Å². The monoisotopic (exact) mass is 338 g/mol. The second-order valence-corrected chi connectivity index (χ2v) is 6.34. The van der Waals surface area contributed by atoms with Gasteiger partial charge in [-0.2, -0.15) is 12.6 Å². The van der Waals surface area contributed by atoms with Crippen LogP contribution in [0, 0.1) is 31.1 Å². The zero-order valence-corrected chi connectivity index (χ0v) is 14.6. The summed E-state index contributed by atoms with van der Waals surface area (Å²) in [5.41, 5.74) is 0. The molecule has 0 aromatic carbocycles. The summed E-state index contributed by atoms with van der Waals surface area (Å²) >= 11 is 4.20. The Bertz CT molecular complexity index is 349. The summed E-state index contributed by atoms with van der Waals surface area (Å²) in [7, 11) is 0. The van der Waals surface area contributed by atoms with Gasteiger partial charge in [-0.05, 0) is 37.9 Å². The van der Waals surface area contributed by atoms with Crippen LogP contribution in [0.1, 0.15) is 57.8 Å². The van der Waals surface area contributed by atoms with Gasteiger partial charge in [0, 0.05) is 18.9 Å². The smallest absolute Gasteiger partial charge is 0.311 e. The summed E-state index contributed by atoms with van der Waals surface area (Å²) in [6.45, 7) is 0.400.